The fourth-order valence-electron chi connectivity index (χ4n) is 3.20. The Balaban J connectivity index is 1.52. The first kappa shape index (κ1) is 20.6. The highest BCUT2D eigenvalue weighted by molar-refractivity contribution is 5.79. The van der Waals surface area contributed by atoms with Crippen LogP contribution >= 0.6 is 0 Å². The summed E-state index contributed by atoms with van der Waals surface area (Å²) < 4.78 is 4.09. The molecule has 1 N–H and O–H groups in total. The zero-order chi connectivity index (χ0) is 20.5. The summed E-state index contributed by atoms with van der Waals surface area (Å²) in [7, 11) is 2.07. The van der Waals surface area contributed by atoms with Gasteiger partial charge in [0.1, 0.15) is 5.82 Å². The maximum atomic E-state index is 4.80. The van der Waals surface area contributed by atoms with E-state index in [9.17, 15) is 0 Å². The van der Waals surface area contributed by atoms with Crippen LogP contribution in [0.3, 0.4) is 0 Å². The highest BCUT2D eigenvalue weighted by Crippen LogP contribution is 2.09. The maximum Gasteiger partial charge on any atom is 0.193 e. The molecule has 0 fully saturated rings. The molecule has 0 unspecified atom stereocenters. The summed E-state index contributed by atoms with van der Waals surface area (Å²) in [5, 5.41) is 7.87. The summed E-state index contributed by atoms with van der Waals surface area (Å²) in [5.74, 6) is 2.00. The highest BCUT2D eigenvalue weighted by atomic mass is 15.3. The van der Waals surface area contributed by atoms with E-state index in [0.717, 1.165) is 62.1 Å². The normalized spacial score (nSPS) is 11.6. The lowest BCUT2D eigenvalue weighted by atomic mass is 10.3. The summed E-state index contributed by atoms with van der Waals surface area (Å²) in [5.41, 5.74) is 2.22. The van der Waals surface area contributed by atoms with Crippen LogP contribution in [-0.4, -0.2) is 50.3 Å². The van der Waals surface area contributed by atoms with Crippen LogP contribution in [0, 0.1) is 6.92 Å². The van der Waals surface area contributed by atoms with Gasteiger partial charge in [-0.2, -0.15) is 5.10 Å². The van der Waals surface area contributed by atoms with E-state index in [1.165, 1.54) is 0 Å². The van der Waals surface area contributed by atoms with E-state index >= 15 is 0 Å². The molecule has 154 valence electrons. The van der Waals surface area contributed by atoms with Gasteiger partial charge in [0.05, 0.1) is 11.9 Å². The van der Waals surface area contributed by atoms with Gasteiger partial charge in [-0.3, -0.25) is 4.99 Å². The van der Waals surface area contributed by atoms with Crippen LogP contribution in [0.4, 0.5) is 0 Å². The van der Waals surface area contributed by atoms with Crippen molar-refractivity contribution in [2.45, 2.75) is 39.8 Å². The first-order valence-electron chi connectivity index (χ1n) is 10.2. The Bertz CT molecular complexity index is 895. The number of guanidine groups is 1. The Kier molecular flexibility index (Phi) is 7.44. The fourth-order valence-corrected chi connectivity index (χ4v) is 3.20. The van der Waals surface area contributed by atoms with Gasteiger partial charge in [-0.15, -0.1) is 0 Å². The SMILES string of the molecule is CCNC(=NCCCCn1ccnc1C)N(C)Cc1cnn(-c2ccccc2)c1. The van der Waals surface area contributed by atoms with E-state index in [1.807, 2.05) is 48.4 Å². The lowest BCUT2D eigenvalue weighted by Gasteiger charge is -2.21. The van der Waals surface area contributed by atoms with E-state index in [1.54, 1.807) is 0 Å². The number of unbranched alkanes of at least 4 members (excludes halogenated alkanes) is 1. The molecule has 1 aromatic carbocycles. The fraction of sp³-hybridized carbons (Fsp3) is 0.409. The molecule has 7 nitrogen and oxygen atoms in total. The number of aryl methyl sites for hydroxylation is 2. The van der Waals surface area contributed by atoms with Crippen molar-refractivity contribution in [1.82, 2.24) is 29.5 Å². The van der Waals surface area contributed by atoms with E-state index in [2.05, 4.69) is 57.2 Å². The molecule has 0 bridgehead atoms. The summed E-state index contributed by atoms with van der Waals surface area (Å²) in [6, 6.07) is 10.2. The van der Waals surface area contributed by atoms with Crippen molar-refractivity contribution in [3.63, 3.8) is 0 Å². The van der Waals surface area contributed by atoms with Crippen LogP contribution < -0.4 is 5.32 Å². The Morgan fingerprint density at radius 2 is 2.03 bits per heavy atom. The van der Waals surface area contributed by atoms with Crippen LogP contribution in [0.5, 0.6) is 0 Å². The number of hydrogen-bond acceptors (Lipinski definition) is 3. The van der Waals surface area contributed by atoms with Crippen LogP contribution in [0.1, 0.15) is 31.2 Å². The number of para-hydroxylation sites is 1. The number of imidazole rings is 1. The number of hydrogen-bond donors (Lipinski definition) is 1. The molecular formula is C22H31N7. The van der Waals surface area contributed by atoms with Crippen molar-refractivity contribution in [1.29, 1.82) is 0 Å². The maximum absolute atomic E-state index is 4.80. The highest BCUT2D eigenvalue weighted by Gasteiger charge is 2.08. The molecule has 3 aromatic rings. The van der Waals surface area contributed by atoms with Crippen LogP contribution in [0.25, 0.3) is 5.69 Å². The molecule has 0 saturated heterocycles. The molecule has 0 radical (unpaired) electrons. The second-order valence-electron chi connectivity index (χ2n) is 7.10. The molecule has 2 aromatic heterocycles. The third kappa shape index (κ3) is 5.94. The predicted molar refractivity (Wildman–Crippen MR) is 117 cm³/mol. The topological polar surface area (TPSA) is 63.3 Å². The molecule has 0 saturated carbocycles. The molecule has 0 aliphatic carbocycles. The number of aromatic nitrogens is 4. The van der Waals surface area contributed by atoms with E-state index in [0.29, 0.717) is 0 Å². The van der Waals surface area contributed by atoms with Crippen molar-refractivity contribution in [3.8, 4) is 5.69 Å². The first-order chi connectivity index (χ1) is 14.2. The zero-order valence-corrected chi connectivity index (χ0v) is 17.6. The van der Waals surface area contributed by atoms with Crippen molar-refractivity contribution in [2.75, 3.05) is 20.1 Å². The van der Waals surface area contributed by atoms with Gasteiger partial charge in [0, 0.05) is 57.4 Å². The summed E-state index contributed by atoms with van der Waals surface area (Å²) in [4.78, 5) is 11.2. The Labute approximate surface area is 173 Å². The lowest BCUT2D eigenvalue weighted by Crippen LogP contribution is -2.38. The van der Waals surface area contributed by atoms with Gasteiger partial charge in [0.25, 0.3) is 0 Å². The van der Waals surface area contributed by atoms with Crippen LogP contribution in [0.15, 0.2) is 60.1 Å². The molecule has 29 heavy (non-hydrogen) atoms. The number of rotatable bonds is 9. The second kappa shape index (κ2) is 10.5. The lowest BCUT2D eigenvalue weighted by molar-refractivity contribution is 0.475. The summed E-state index contributed by atoms with van der Waals surface area (Å²) in [6.45, 7) is 7.54. The smallest absolute Gasteiger partial charge is 0.193 e. The van der Waals surface area contributed by atoms with Crippen molar-refractivity contribution >= 4 is 5.96 Å². The van der Waals surface area contributed by atoms with Gasteiger partial charge in [-0.05, 0) is 38.8 Å². The van der Waals surface area contributed by atoms with Gasteiger partial charge in [-0.1, -0.05) is 18.2 Å². The second-order valence-corrected chi connectivity index (χ2v) is 7.10. The molecule has 2 heterocycles. The molecule has 0 atom stereocenters. The quantitative estimate of drug-likeness (QED) is 0.344. The zero-order valence-electron chi connectivity index (χ0n) is 17.6. The van der Waals surface area contributed by atoms with Gasteiger partial charge in [0.15, 0.2) is 5.96 Å². The largest absolute Gasteiger partial charge is 0.357 e. The van der Waals surface area contributed by atoms with E-state index in [4.69, 9.17) is 4.99 Å². The van der Waals surface area contributed by atoms with Crippen LogP contribution in [-0.2, 0) is 13.1 Å². The Morgan fingerprint density at radius 3 is 2.76 bits per heavy atom. The Morgan fingerprint density at radius 1 is 1.21 bits per heavy atom. The molecule has 0 aliphatic rings. The number of benzene rings is 1. The predicted octanol–water partition coefficient (Wildman–Crippen LogP) is 3.25. The monoisotopic (exact) mass is 393 g/mol. The van der Waals surface area contributed by atoms with E-state index in [-0.39, 0.29) is 0 Å². The van der Waals surface area contributed by atoms with Gasteiger partial charge < -0.3 is 14.8 Å². The third-order valence-electron chi connectivity index (χ3n) is 4.77. The average Bonchev–Trinajstić information content (AvgIpc) is 3.36. The molecule has 0 aliphatic heterocycles. The van der Waals surface area contributed by atoms with Crippen molar-refractivity contribution in [2.24, 2.45) is 4.99 Å². The van der Waals surface area contributed by atoms with Gasteiger partial charge >= 0.3 is 0 Å². The summed E-state index contributed by atoms with van der Waals surface area (Å²) >= 11 is 0. The standard InChI is InChI=1S/C22H31N7/c1-4-23-22(25-12-8-9-14-28-15-13-24-19(28)2)27(3)17-20-16-26-29(18-20)21-10-6-5-7-11-21/h5-7,10-11,13,15-16,18H,4,8-9,12,14,17H2,1-3H3,(H,23,25). The van der Waals surface area contributed by atoms with Crippen molar-refractivity contribution in [3.05, 3.63) is 66.5 Å². The van der Waals surface area contributed by atoms with Crippen LogP contribution in [0.2, 0.25) is 0 Å². The first-order valence-corrected chi connectivity index (χ1v) is 10.2. The minimum Gasteiger partial charge on any atom is -0.357 e. The molecular weight excluding hydrogens is 362 g/mol. The average molecular weight is 394 g/mol. The Hall–Kier alpha value is -3.09. The third-order valence-corrected chi connectivity index (χ3v) is 4.77. The number of aliphatic imine (C=N–C) groups is 1. The van der Waals surface area contributed by atoms with Gasteiger partial charge in [0.2, 0.25) is 0 Å². The minimum absolute atomic E-state index is 0.757. The molecule has 0 spiro atoms. The molecule has 7 heteroatoms. The minimum atomic E-state index is 0.757. The summed E-state index contributed by atoms with van der Waals surface area (Å²) in [6.07, 6.45) is 10.0. The number of nitrogens with zero attached hydrogens (tertiary/aromatic N) is 6. The molecule has 0 amide bonds. The number of nitrogens with one attached hydrogen (secondary N) is 1. The van der Waals surface area contributed by atoms with Crippen molar-refractivity contribution < 1.29 is 0 Å². The van der Waals surface area contributed by atoms with E-state index < -0.39 is 0 Å². The molecule has 3 rings (SSSR count). The van der Waals surface area contributed by atoms with Gasteiger partial charge in [-0.25, -0.2) is 9.67 Å².